The van der Waals surface area contributed by atoms with E-state index in [4.69, 9.17) is 0 Å². The lowest BCUT2D eigenvalue weighted by Crippen LogP contribution is -2.20. The maximum absolute atomic E-state index is 10.1. The van der Waals surface area contributed by atoms with E-state index in [1.807, 2.05) is 0 Å². The van der Waals surface area contributed by atoms with E-state index in [1.165, 1.54) is 18.2 Å². The third-order valence-electron chi connectivity index (χ3n) is 1.96. The maximum Gasteiger partial charge on any atom is 0.209 e. The summed E-state index contributed by atoms with van der Waals surface area (Å²) in [6, 6.07) is 0. The molecule has 0 aromatic carbocycles. The van der Waals surface area contributed by atoms with Gasteiger partial charge in [0.15, 0.2) is 0 Å². The van der Waals surface area contributed by atoms with Crippen LogP contribution >= 0.6 is 0 Å². The molecule has 0 atom stereocenters. The van der Waals surface area contributed by atoms with Crippen molar-refractivity contribution >= 4 is 15.7 Å². The van der Waals surface area contributed by atoms with Gasteiger partial charge in [-0.3, -0.25) is 0 Å². The Kier molecular flexibility index (Phi) is 11.4. The Morgan fingerprint density at radius 1 is 1.00 bits per heavy atom. The lowest BCUT2D eigenvalue weighted by atomic mass is 10.3. The third kappa shape index (κ3) is 13.6. The molecule has 0 aliphatic rings. The lowest BCUT2D eigenvalue weighted by Gasteiger charge is -2.03. The second-order valence-corrected chi connectivity index (χ2v) is 4.28. The molecule has 0 spiro atoms. The van der Waals surface area contributed by atoms with Gasteiger partial charge in [0.05, 0.1) is 0 Å². The van der Waals surface area contributed by atoms with Crippen molar-refractivity contribution < 1.29 is 8.42 Å². The van der Waals surface area contributed by atoms with Crippen LogP contribution in [0.4, 0.5) is 0 Å². The predicted molar refractivity (Wildman–Crippen MR) is 64.9 cm³/mol. The molecule has 0 radical (unpaired) electrons. The summed E-state index contributed by atoms with van der Waals surface area (Å²) in [5.41, 5.74) is 0. The first-order chi connectivity index (χ1) is 7.27. The van der Waals surface area contributed by atoms with E-state index in [0.29, 0.717) is 6.42 Å². The van der Waals surface area contributed by atoms with Crippen LogP contribution in [0.5, 0.6) is 0 Å². The molecule has 0 heterocycles. The van der Waals surface area contributed by atoms with Crippen LogP contribution in [0.1, 0.15) is 32.6 Å². The molecular weight excluding hydrogens is 212 g/mol. The third-order valence-corrected chi connectivity index (χ3v) is 2.47. The first-order valence-corrected chi connectivity index (χ1v) is 6.74. The molecule has 0 aliphatic heterocycles. The molecule has 0 aromatic rings. The van der Waals surface area contributed by atoms with Crippen LogP contribution < -0.4 is 10.6 Å². The van der Waals surface area contributed by atoms with Gasteiger partial charge in [0.2, 0.25) is 10.3 Å². The Labute approximate surface area is 94.0 Å². The van der Waals surface area contributed by atoms with Gasteiger partial charge in [-0.1, -0.05) is 6.92 Å². The van der Waals surface area contributed by atoms with E-state index in [-0.39, 0.29) is 0 Å². The number of hydrogen-bond donors (Lipinski definition) is 2. The Morgan fingerprint density at radius 3 is 2.13 bits per heavy atom. The summed E-state index contributed by atoms with van der Waals surface area (Å²) < 4.78 is 20.3. The molecule has 0 bridgehead atoms. The van der Waals surface area contributed by atoms with E-state index in [2.05, 4.69) is 17.6 Å². The van der Waals surface area contributed by atoms with Crippen LogP contribution in [-0.4, -0.2) is 40.0 Å². The first-order valence-electron chi connectivity index (χ1n) is 5.60. The minimum Gasteiger partial charge on any atom is -0.317 e. The number of hydrogen-bond acceptors (Lipinski definition) is 4. The van der Waals surface area contributed by atoms with Crippen molar-refractivity contribution in [2.75, 3.05) is 26.2 Å². The smallest absolute Gasteiger partial charge is 0.209 e. The Morgan fingerprint density at radius 2 is 1.60 bits per heavy atom. The summed E-state index contributed by atoms with van der Waals surface area (Å²) in [4.78, 5) is 0. The molecule has 0 saturated heterocycles. The van der Waals surface area contributed by atoms with Crippen molar-refractivity contribution in [1.29, 1.82) is 0 Å². The second kappa shape index (κ2) is 11.7. The van der Waals surface area contributed by atoms with Crippen molar-refractivity contribution in [3.63, 3.8) is 0 Å². The van der Waals surface area contributed by atoms with Crippen molar-refractivity contribution in [3.8, 4) is 0 Å². The Hall–Kier alpha value is -0.390. The van der Waals surface area contributed by atoms with E-state index in [1.54, 1.807) is 0 Å². The standard InChI is InChI=1S/C10H22N2O2S/c1-2-6-11-7-3-4-8-12-9-5-10-15(13)14/h10-12H,2-9H2,1H3. The molecule has 0 amide bonds. The van der Waals surface area contributed by atoms with Gasteiger partial charge in [0.1, 0.15) is 0 Å². The van der Waals surface area contributed by atoms with Crippen molar-refractivity contribution in [2.24, 2.45) is 0 Å². The summed E-state index contributed by atoms with van der Waals surface area (Å²) in [7, 11) is -2.00. The zero-order chi connectivity index (χ0) is 11.4. The van der Waals surface area contributed by atoms with Gasteiger partial charge >= 0.3 is 0 Å². The highest BCUT2D eigenvalue weighted by molar-refractivity contribution is 7.71. The normalized spacial score (nSPS) is 10.2. The van der Waals surface area contributed by atoms with Crippen molar-refractivity contribution in [1.82, 2.24) is 10.6 Å². The monoisotopic (exact) mass is 234 g/mol. The molecule has 0 aliphatic carbocycles. The lowest BCUT2D eigenvalue weighted by molar-refractivity contribution is 0.585. The van der Waals surface area contributed by atoms with Gasteiger partial charge < -0.3 is 10.6 Å². The predicted octanol–water partition coefficient (Wildman–Crippen LogP) is 0.427. The fourth-order valence-electron chi connectivity index (χ4n) is 1.18. The highest BCUT2D eigenvalue weighted by Crippen LogP contribution is 1.84. The number of rotatable bonds is 10. The van der Waals surface area contributed by atoms with Gasteiger partial charge in [0.25, 0.3) is 0 Å². The van der Waals surface area contributed by atoms with Crippen LogP contribution in [0, 0.1) is 0 Å². The van der Waals surface area contributed by atoms with Gasteiger partial charge in [-0.2, -0.15) is 8.42 Å². The molecular formula is C10H22N2O2S. The first kappa shape index (κ1) is 14.6. The van der Waals surface area contributed by atoms with E-state index in [9.17, 15) is 8.42 Å². The molecule has 90 valence electrons. The Balaban J connectivity index is 3.02. The molecule has 0 saturated carbocycles. The van der Waals surface area contributed by atoms with Crippen LogP contribution in [0.15, 0.2) is 0 Å². The SMILES string of the molecule is CCCNCCCCNCCC=S(=O)=O. The average Bonchev–Trinajstić information content (AvgIpc) is 2.20. The van der Waals surface area contributed by atoms with Crippen LogP contribution in [-0.2, 0) is 10.3 Å². The van der Waals surface area contributed by atoms with Gasteiger partial charge in [-0.05, 0) is 51.9 Å². The quantitative estimate of drug-likeness (QED) is 0.425. The second-order valence-electron chi connectivity index (χ2n) is 3.42. The van der Waals surface area contributed by atoms with Crippen molar-refractivity contribution in [2.45, 2.75) is 32.6 Å². The van der Waals surface area contributed by atoms with Gasteiger partial charge in [-0.25, -0.2) is 0 Å². The molecule has 4 nitrogen and oxygen atoms in total. The zero-order valence-corrected chi connectivity index (χ0v) is 10.3. The van der Waals surface area contributed by atoms with Crippen LogP contribution in [0.2, 0.25) is 0 Å². The fourth-order valence-corrected chi connectivity index (χ4v) is 1.49. The minimum absolute atomic E-state index is 0.587. The molecule has 5 heteroatoms. The number of unbranched alkanes of at least 4 members (excludes halogenated alkanes) is 1. The largest absolute Gasteiger partial charge is 0.317 e. The minimum atomic E-state index is -2.00. The Bertz CT molecular complexity index is 242. The number of nitrogens with one attached hydrogen (secondary N) is 2. The zero-order valence-electron chi connectivity index (χ0n) is 9.46. The van der Waals surface area contributed by atoms with Crippen LogP contribution in [0.3, 0.4) is 0 Å². The average molecular weight is 234 g/mol. The highest BCUT2D eigenvalue weighted by Gasteiger charge is 1.88. The van der Waals surface area contributed by atoms with E-state index in [0.717, 1.165) is 32.6 Å². The van der Waals surface area contributed by atoms with Crippen LogP contribution in [0.25, 0.3) is 0 Å². The highest BCUT2D eigenvalue weighted by atomic mass is 32.2. The summed E-state index contributed by atoms with van der Waals surface area (Å²) in [5.74, 6) is 0. The van der Waals surface area contributed by atoms with Crippen molar-refractivity contribution in [3.05, 3.63) is 0 Å². The molecule has 2 N–H and O–H groups in total. The molecule has 0 aromatic heterocycles. The summed E-state index contributed by atoms with van der Waals surface area (Å²) in [6.07, 6.45) is 4.08. The summed E-state index contributed by atoms with van der Waals surface area (Å²) in [6.45, 7) is 6.04. The topological polar surface area (TPSA) is 58.2 Å². The van der Waals surface area contributed by atoms with Gasteiger partial charge in [-0.15, -0.1) is 0 Å². The summed E-state index contributed by atoms with van der Waals surface area (Å²) in [5, 5.41) is 7.82. The van der Waals surface area contributed by atoms with E-state index >= 15 is 0 Å². The van der Waals surface area contributed by atoms with E-state index < -0.39 is 10.3 Å². The molecule has 0 fully saturated rings. The van der Waals surface area contributed by atoms with Gasteiger partial charge in [0, 0.05) is 5.37 Å². The maximum atomic E-state index is 10.1. The summed E-state index contributed by atoms with van der Waals surface area (Å²) >= 11 is 0. The molecule has 0 unspecified atom stereocenters. The molecule has 15 heavy (non-hydrogen) atoms. The fraction of sp³-hybridized carbons (Fsp3) is 0.900. The molecule has 0 rings (SSSR count).